The first kappa shape index (κ1) is 10.1. The summed E-state index contributed by atoms with van der Waals surface area (Å²) in [6.45, 7) is 8.98. The van der Waals surface area contributed by atoms with Crippen molar-refractivity contribution in [2.24, 2.45) is 0 Å². The Hall–Kier alpha value is -2.12. The standard InChI is InChI=1S/C13H9N3S/c1-9-8-17-13-15-12(7-16(9)13)10-3-5-11(14-2)6-4-10/h3-8H,1H3. The van der Waals surface area contributed by atoms with Crippen molar-refractivity contribution in [2.45, 2.75) is 6.92 Å². The van der Waals surface area contributed by atoms with Crippen molar-refractivity contribution < 1.29 is 0 Å². The molecule has 0 aliphatic heterocycles. The number of hydrogen-bond acceptors (Lipinski definition) is 2. The van der Waals surface area contributed by atoms with Crippen molar-refractivity contribution in [2.75, 3.05) is 0 Å². The first-order chi connectivity index (χ1) is 8.28. The molecule has 3 nitrogen and oxygen atoms in total. The highest BCUT2D eigenvalue weighted by Gasteiger charge is 2.06. The molecule has 2 aromatic heterocycles. The molecular weight excluding hydrogens is 230 g/mol. The van der Waals surface area contributed by atoms with E-state index in [1.807, 2.05) is 30.5 Å². The SMILES string of the molecule is [C-]#[N+]c1ccc(-c2cn3c(C)csc3n2)cc1. The van der Waals surface area contributed by atoms with Crippen molar-refractivity contribution in [1.29, 1.82) is 0 Å². The van der Waals surface area contributed by atoms with Gasteiger partial charge in [0.15, 0.2) is 10.6 Å². The van der Waals surface area contributed by atoms with Crippen LogP contribution in [0.2, 0.25) is 0 Å². The third kappa shape index (κ3) is 1.61. The van der Waals surface area contributed by atoms with Gasteiger partial charge in [-0.3, -0.25) is 4.40 Å². The lowest BCUT2D eigenvalue weighted by Gasteiger charge is -1.95. The molecule has 82 valence electrons. The number of thiazole rings is 1. The Balaban J connectivity index is 2.10. The summed E-state index contributed by atoms with van der Waals surface area (Å²) in [4.78, 5) is 8.95. The van der Waals surface area contributed by atoms with E-state index in [0.29, 0.717) is 5.69 Å². The van der Waals surface area contributed by atoms with Crippen LogP contribution in [0, 0.1) is 13.5 Å². The Bertz CT molecular complexity index is 713. The molecule has 0 aliphatic rings. The van der Waals surface area contributed by atoms with E-state index in [0.717, 1.165) is 16.2 Å². The Morgan fingerprint density at radius 2 is 2.06 bits per heavy atom. The summed E-state index contributed by atoms with van der Waals surface area (Å²) < 4.78 is 2.09. The Morgan fingerprint density at radius 3 is 2.71 bits per heavy atom. The lowest BCUT2D eigenvalue weighted by atomic mass is 10.1. The molecule has 0 saturated heterocycles. The smallest absolute Gasteiger partial charge is 0.194 e. The van der Waals surface area contributed by atoms with Gasteiger partial charge in [0.25, 0.3) is 0 Å². The van der Waals surface area contributed by atoms with Crippen molar-refractivity contribution in [3.05, 3.63) is 53.0 Å². The molecule has 3 aromatic rings. The molecule has 0 atom stereocenters. The number of rotatable bonds is 1. The minimum atomic E-state index is 0.658. The van der Waals surface area contributed by atoms with E-state index < -0.39 is 0 Å². The van der Waals surface area contributed by atoms with Gasteiger partial charge in [-0.25, -0.2) is 9.83 Å². The van der Waals surface area contributed by atoms with Crippen LogP contribution >= 0.6 is 11.3 Å². The van der Waals surface area contributed by atoms with Crippen molar-refractivity contribution in [3.63, 3.8) is 0 Å². The minimum Gasteiger partial charge on any atom is -0.294 e. The molecule has 2 heterocycles. The second kappa shape index (κ2) is 3.72. The van der Waals surface area contributed by atoms with Crippen LogP contribution in [0.15, 0.2) is 35.8 Å². The van der Waals surface area contributed by atoms with E-state index in [2.05, 4.69) is 26.5 Å². The Kier molecular flexibility index (Phi) is 2.20. The Morgan fingerprint density at radius 1 is 1.29 bits per heavy atom. The van der Waals surface area contributed by atoms with Crippen LogP contribution in [0.3, 0.4) is 0 Å². The number of fused-ring (bicyclic) bond motifs is 1. The predicted molar refractivity (Wildman–Crippen MR) is 69.5 cm³/mol. The molecule has 1 aromatic carbocycles. The predicted octanol–water partition coefficient (Wildman–Crippen LogP) is 3.92. The molecule has 0 amide bonds. The molecule has 3 rings (SSSR count). The summed E-state index contributed by atoms with van der Waals surface area (Å²) >= 11 is 1.64. The molecule has 0 unspecified atom stereocenters. The first-order valence-electron chi connectivity index (χ1n) is 5.19. The van der Waals surface area contributed by atoms with Gasteiger partial charge in [-0.2, -0.15) is 0 Å². The summed E-state index contributed by atoms with van der Waals surface area (Å²) in [6, 6.07) is 7.52. The second-order valence-corrected chi connectivity index (χ2v) is 4.65. The Labute approximate surface area is 103 Å². The highest BCUT2D eigenvalue weighted by Crippen LogP contribution is 2.25. The van der Waals surface area contributed by atoms with E-state index >= 15 is 0 Å². The monoisotopic (exact) mass is 239 g/mol. The zero-order valence-electron chi connectivity index (χ0n) is 9.21. The summed E-state index contributed by atoms with van der Waals surface area (Å²) in [6.07, 6.45) is 2.04. The zero-order chi connectivity index (χ0) is 11.8. The highest BCUT2D eigenvalue weighted by molar-refractivity contribution is 7.15. The van der Waals surface area contributed by atoms with Gasteiger partial charge in [0.2, 0.25) is 0 Å². The van der Waals surface area contributed by atoms with Crippen LogP contribution in [0.4, 0.5) is 5.69 Å². The fourth-order valence-corrected chi connectivity index (χ4v) is 2.59. The van der Waals surface area contributed by atoms with Crippen molar-refractivity contribution in [1.82, 2.24) is 9.38 Å². The molecule has 4 heteroatoms. The van der Waals surface area contributed by atoms with Gasteiger partial charge in [0.05, 0.1) is 12.3 Å². The summed E-state index contributed by atoms with van der Waals surface area (Å²) in [5, 5.41) is 2.09. The molecule has 0 spiro atoms. The van der Waals surface area contributed by atoms with Crippen LogP contribution in [0.5, 0.6) is 0 Å². The van der Waals surface area contributed by atoms with Gasteiger partial charge < -0.3 is 0 Å². The maximum Gasteiger partial charge on any atom is 0.194 e. The lowest BCUT2D eigenvalue weighted by Crippen LogP contribution is -1.78. The number of hydrogen-bond donors (Lipinski definition) is 0. The second-order valence-electron chi connectivity index (χ2n) is 3.81. The largest absolute Gasteiger partial charge is 0.294 e. The number of benzene rings is 1. The molecule has 0 aliphatic carbocycles. The molecule has 0 saturated carbocycles. The van der Waals surface area contributed by atoms with Gasteiger partial charge >= 0.3 is 0 Å². The zero-order valence-corrected chi connectivity index (χ0v) is 10.0. The van der Waals surface area contributed by atoms with E-state index in [1.54, 1.807) is 11.3 Å². The third-order valence-electron chi connectivity index (χ3n) is 2.68. The number of aromatic nitrogens is 2. The quantitative estimate of drug-likeness (QED) is 0.590. The molecular formula is C13H9N3S. The first-order valence-corrected chi connectivity index (χ1v) is 6.07. The topological polar surface area (TPSA) is 21.7 Å². The average Bonchev–Trinajstić information content (AvgIpc) is 2.92. The normalized spacial score (nSPS) is 10.6. The van der Waals surface area contributed by atoms with Gasteiger partial charge in [-0.05, 0) is 12.5 Å². The third-order valence-corrected chi connectivity index (χ3v) is 3.64. The van der Waals surface area contributed by atoms with Gasteiger partial charge in [0, 0.05) is 17.3 Å². The maximum absolute atomic E-state index is 6.92. The van der Waals surface area contributed by atoms with Crippen LogP contribution in [-0.2, 0) is 0 Å². The highest BCUT2D eigenvalue weighted by atomic mass is 32.1. The molecule has 0 bridgehead atoms. The van der Waals surface area contributed by atoms with E-state index in [-0.39, 0.29) is 0 Å². The number of nitrogens with zero attached hydrogens (tertiary/aromatic N) is 3. The van der Waals surface area contributed by atoms with E-state index in [1.165, 1.54) is 5.69 Å². The van der Waals surface area contributed by atoms with Gasteiger partial charge in [-0.15, -0.1) is 11.3 Å². The van der Waals surface area contributed by atoms with E-state index in [9.17, 15) is 0 Å². The fourth-order valence-electron chi connectivity index (χ4n) is 1.74. The maximum atomic E-state index is 6.92. The van der Waals surface area contributed by atoms with Crippen molar-refractivity contribution >= 4 is 22.0 Å². The van der Waals surface area contributed by atoms with E-state index in [4.69, 9.17) is 6.57 Å². The molecule has 17 heavy (non-hydrogen) atoms. The number of imidazole rings is 1. The molecule has 0 radical (unpaired) electrons. The van der Waals surface area contributed by atoms with Crippen LogP contribution in [0.1, 0.15) is 5.69 Å². The lowest BCUT2D eigenvalue weighted by molar-refractivity contribution is 1.13. The average molecular weight is 239 g/mol. The van der Waals surface area contributed by atoms with Crippen molar-refractivity contribution in [3.8, 4) is 11.3 Å². The summed E-state index contributed by atoms with van der Waals surface area (Å²) in [7, 11) is 0. The summed E-state index contributed by atoms with van der Waals surface area (Å²) in [5.74, 6) is 0. The number of aryl methyl sites for hydroxylation is 1. The minimum absolute atomic E-state index is 0.658. The van der Waals surface area contributed by atoms with Crippen LogP contribution < -0.4 is 0 Å². The fraction of sp³-hybridized carbons (Fsp3) is 0.0769. The molecule has 0 fully saturated rings. The van der Waals surface area contributed by atoms with Gasteiger partial charge in [-0.1, -0.05) is 24.3 Å². The van der Waals surface area contributed by atoms with Crippen LogP contribution in [0.25, 0.3) is 21.1 Å². The molecule has 0 N–H and O–H groups in total. The van der Waals surface area contributed by atoms with Crippen LogP contribution in [-0.4, -0.2) is 9.38 Å². The van der Waals surface area contributed by atoms with Gasteiger partial charge in [0.1, 0.15) is 0 Å². The summed E-state index contributed by atoms with van der Waals surface area (Å²) in [5.41, 5.74) is 3.86.